The minimum atomic E-state index is -1.16. The number of aromatic nitrogens is 2. The van der Waals surface area contributed by atoms with Gasteiger partial charge in [0.25, 0.3) is 0 Å². The van der Waals surface area contributed by atoms with Gasteiger partial charge in [-0.15, -0.1) is 0 Å². The lowest BCUT2D eigenvalue weighted by Gasteiger charge is -2.35. The third kappa shape index (κ3) is 5.87. The topological polar surface area (TPSA) is 140 Å². The molecule has 11 nitrogen and oxygen atoms in total. The summed E-state index contributed by atoms with van der Waals surface area (Å²) in [6, 6.07) is 3.23. The Morgan fingerprint density at radius 3 is 2.67 bits per heavy atom. The molecular weight excluding hydrogens is 540 g/mol. The van der Waals surface area contributed by atoms with Crippen molar-refractivity contribution in [1.29, 1.82) is 0 Å². The molecule has 6 atom stereocenters. The van der Waals surface area contributed by atoms with E-state index < -0.39 is 53.1 Å². The largest absolute Gasteiger partial charge is 0.497 e. The van der Waals surface area contributed by atoms with Gasteiger partial charge < -0.3 is 29.5 Å². The number of alkyl carbamates (subject to hydrolysis) is 1. The summed E-state index contributed by atoms with van der Waals surface area (Å²) in [5.74, 6) is -1.12. The van der Waals surface area contributed by atoms with Gasteiger partial charge >= 0.3 is 12.1 Å². The van der Waals surface area contributed by atoms with Crippen LogP contribution in [0.15, 0.2) is 24.3 Å². The van der Waals surface area contributed by atoms with Gasteiger partial charge in [0.15, 0.2) is 0 Å². The highest BCUT2D eigenvalue weighted by Crippen LogP contribution is 2.49. The van der Waals surface area contributed by atoms with Gasteiger partial charge in [-0.05, 0) is 56.2 Å². The molecule has 1 saturated heterocycles. The maximum Gasteiger partial charge on any atom is 0.408 e. The second kappa shape index (κ2) is 11.1. The molecule has 1 aromatic carbocycles. The number of hydrogen-bond acceptors (Lipinski definition) is 8. The molecule has 2 N–H and O–H groups in total. The van der Waals surface area contributed by atoms with Gasteiger partial charge in [-0.1, -0.05) is 33.8 Å². The highest BCUT2D eigenvalue weighted by Gasteiger charge is 2.54. The average molecular weight is 581 g/mol. The van der Waals surface area contributed by atoms with E-state index in [1.165, 1.54) is 4.90 Å². The Labute approximate surface area is 245 Å². The van der Waals surface area contributed by atoms with Gasteiger partial charge in [-0.3, -0.25) is 4.79 Å². The van der Waals surface area contributed by atoms with E-state index in [0.717, 1.165) is 25.7 Å². The molecule has 1 aromatic heterocycles. The Hall–Kier alpha value is -3.89. The maximum atomic E-state index is 14.0. The van der Waals surface area contributed by atoms with E-state index in [1.54, 1.807) is 20.1 Å². The highest BCUT2D eigenvalue weighted by molar-refractivity contribution is 5.91. The van der Waals surface area contributed by atoms with Crippen LogP contribution in [0.5, 0.6) is 11.6 Å². The SMILES string of the molecule is COc1ccc2nc3c(nc2c1)O[C@H]1CN(C(=O)[C@H](C(C)(C)C)NC(=O)O[C@]2(C)C[C@H]2CCC/C=C/3)[C@H](C(=O)O)[C@@H]1C. The van der Waals surface area contributed by atoms with Gasteiger partial charge in [0, 0.05) is 17.9 Å². The summed E-state index contributed by atoms with van der Waals surface area (Å²) in [7, 11) is 1.57. The number of hydrogen-bond donors (Lipinski definition) is 2. The molecule has 0 unspecified atom stereocenters. The summed E-state index contributed by atoms with van der Waals surface area (Å²) in [6.07, 6.45) is 5.86. The molecule has 5 rings (SSSR count). The number of nitrogens with zero attached hydrogens (tertiary/aromatic N) is 3. The molecule has 11 heteroatoms. The number of nitrogens with one attached hydrogen (secondary N) is 1. The number of amides is 2. The minimum Gasteiger partial charge on any atom is -0.497 e. The first-order chi connectivity index (χ1) is 19.8. The maximum absolute atomic E-state index is 14.0. The van der Waals surface area contributed by atoms with E-state index in [4.69, 9.17) is 24.2 Å². The number of carbonyl (C=O) groups is 3. The van der Waals surface area contributed by atoms with Crippen LogP contribution in [0.2, 0.25) is 0 Å². The Bertz CT molecular complexity index is 1420. The van der Waals surface area contributed by atoms with Gasteiger partial charge in [-0.25, -0.2) is 19.6 Å². The van der Waals surface area contributed by atoms with Crippen molar-refractivity contribution in [2.45, 2.75) is 84.1 Å². The van der Waals surface area contributed by atoms with Gasteiger partial charge in [0.05, 0.1) is 24.7 Å². The highest BCUT2D eigenvalue weighted by atomic mass is 16.6. The molecule has 2 fully saturated rings. The summed E-state index contributed by atoms with van der Waals surface area (Å²) >= 11 is 0. The van der Waals surface area contributed by atoms with Gasteiger partial charge in [-0.2, -0.15) is 0 Å². The number of benzene rings is 1. The van der Waals surface area contributed by atoms with Crippen LogP contribution in [0, 0.1) is 17.3 Å². The lowest BCUT2D eigenvalue weighted by Crippen LogP contribution is -2.57. The predicted molar refractivity (Wildman–Crippen MR) is 155 cm³/mol. The van der Waals surface area contributed by atoms with E-state index in [-0.39, 0.29) is 18.3 Å². The molecule has 0 spiro atoms. The smallest absolute Gasteiger partial charge is 0.408 e. The molecule has 2 aromatic rings. The number of aliphatic carboxylic acids is 1. The predicted octanol–water partition coefficient (Wildman–Crippen LogP) is 4.43. The first-order valence-corrected chi connectivity index (χ1v) is 14.5. The number of rotatable bonds is 2. The van der Waals surface area contributed by atoms with Gasteiger partial charge in [0.1, 0.15) is 35.2 Å². The van der Waals surface area contributed by atoms with Crippen molar-refractivity contribution in [3.63, 3.8) is 0 Å². The van der Waals surface area contributed by atoms with Crippen molar-refractivity contribution in [2.75, 3.05) is 13.7 Å². The van der Waals surface area contributed by atoms with E-state index >= 15 is 0 Å². The molecule has 42 heavy (non-hydrogen) atoms. The quantitative estimate of drug-likeness (QED) is 0.528. The second-order valence-corrected chi connectivity index (χ2v) is 12.9. The summed E-state index contributed by atoms with van der Waals surface area (Å²) < 4.78 is 17.6. The lowest BCUT2D eigenvalue weighted by atomic mass is 9.85. The standard InChI is InChI=1S/C31H40N4O7/c1-17-23-16-35(24(17)28(37)38)27(36)25(30(2,3)4)34-29(39)42-31(5)15-18(31)10-8-7-9-11-21-26(41-23)33-22-14-19(40-6)12-13-20(22)32-21/h9,11-14,17-18,23-25H,7-8,10,15-16H2,1-6H3,(H,34,39)(H,37,38)/b11-9+/t17-,18-,23+,24+,25-,31-/m1/s1. The number of allylic oxidation sites excluding steroid dienone is 1. The summed E-state index contributed by atoms with van der Waals surface area (Å²) in [4.78, 5) is 50.3. The van der Waals surface area contributed by atoms with Crippen molar-refractivity contribution < 1.29 is 33.7 Å². The van der Waals surface area contributed by atoms with Crippen molar-refractivity contribution in [3.8, 4) is 11.6 Å². The molecule has 1 saturated carbocycles. The van der Waals surface area contributed by atoms with Gasteiger partial charge in [0.2, 0.25) is 11.8 Å². The van der Waals surface area contributed by atoms with E-state index in [9.17, 15) is 19.5 Å². The summed E-state index contributed by atoms with van der Waals surface area (Å²) in [6.45, 7) is 9.13. The normalized spacial score (nSPS) is 31.0. The zero-order valence-electron chi connectivity index (χ0n) is 25.0. The fraction of sp³-hybridized carbons (Fsp3) is 0.581. The Balaban J connectivity index is 1.55. The molecule has 2 bridgehead atoms. The molecule has 2 amide bonds. The minimum absolute atomic E-state index is 0.00104. The first-order valence-electron chi connectivity index (χ1n) is 14.5. The third-order valence-corrected chi connectivity index (χ3v) is 8.72. The van der Waals surface area contributed by atoms with Crippen LogP contribution < -0.4 is 14.8 Å². The Morgan fingerprint density at radius 2 is 1.98 bits per heavy atom. The summed E-state index contributed by atoms with van der Waals surface area (Å²) in [5, 5.41) is 13.0. The number of carboxylic acids is 1. The van der Waals surface area contributed by atoms with E-state index in [1.807, 2.05) is 52.0 Å². The van der Waals surface area contributed by atoms with E-state index in [0.29, 0.717) is 22.5 Å². The third-order valence-electron chi connectivity index (χ3n) is 8.72. The number of carbonyl (C=O) groups excluding carboxylic acids is 2. The first kappa shape index (κ1) is 29.6. The van der Waals surface area contributed by atoms with Crippen molar-refractivity contribution in [3.05, 3.63) is 30.0 Å². The van der Waals surface area contributed by atoms with Crippen LogP contribution in [-0.2, 0) is 14.3 Å². The number of methoxy groups -OCH3 is 1. The molecule has 226 valence electrons. The van der Waals surface area contributed by atoms with Crippen LogP contribution in [0.4, 0.5) is 4.79 Å². The number of ether oxygens (including phenoxy) is 3. The lowest BCUT2D eigenvalue weighted by molar-refractivity contribution is -0.151. The average Bonchev–Trinajstić information content (AvgIpc) is 3.43. The number of carboxylic acid groups (broad SMARTS) is 1. The van der Waals surface area contributed by atoms with Crippen LogP contribution in [-0.4, -0.2) is 75.4 Å². The molecule has 1 aliphatic carbocycles. The number of fused-ring (bicyclic) bond motifs is 5. The van der Waals surface area contributed by atoms with E-state index in [2.05, 4.69) is 5.32 Å². The Kier molecular flexibility index (Phi) is 7.80. The zero-order chi connectivity index (χ0) is 30.4. The van der Waals surface area contributed by atoms with Crippen molar-refractivity contribution >= 4 is 35.1 Å². The van der Waals surface area contributed by atoms with Crippen LogP contribution in [0.3, 0.4) is 0 Å². The fourth-order valence-corrected chi connectivity index (χ4v) is 6.00. The molecule has 0 radical (unpaired) electrons. The summed E-state index contributed by atoms with van der Waals surface area (Å²) in [5.41, 5.74) is 0.456. The van der Waals surface area contributed by atoms with Crippen LogP contribution >= 0.6 is 0 Å². The monoisotopic (exact) mass is 580 g/mol. The van der Waals surface area contributed by atoms with Crippen molar-refractivity contribution in [1.82, 2.24) is 20.2 Å². The molecule has 3 heterocycles. The van der Waals surface area contributed by atoms with Crippen LogP contribution in [0.25, 0.3) is 17.1 Å². The zero-order valence-corrected chi connectivity index (χ0v) is 25.0. The van der Waals surface area contributed by atoms with Crippen LogP contribution in [0.1, 0.15) is 66.0 Å². The molecule has 2 aliphatic heterocycles. The van der Waals surface area contributed by atoms with Crippen molar-refractivity contribution in [2.24, 2.45) is 17.3 Å². The molecular formula is C31H40N4O7. The second-order valence-electron chi connectivity index (χ2n) is 12.9. The Morgan fingerprint density at radius 1 is 1.21 bits per heavy atom. The molecule has 3 aliphatic rings. The fourth-order valence-electron chi connectivity index (χ4n) is 6.00.